The molecule has 30 heavy (non-hydrogen) atoms. The lowest BCUT2D eigenvalue weighted by atomic mass is 10.0. The molecule has 2 aromatic carbocycles. The Morgan fingerprint density at radius 1 is 0.833 bits per heavy atom. The molecule has 0 atom stereocenters. The molecule has 1 saturated heterocycles. The number of rotatable bonds is 3. The Bertz CT molecular complexity index is 1190. The number of piperazine rings is 1. The molecule has 1 fully saturated rings. The zero-order chi connectivity index (χ0) is 20.7. The molecule has 2 aromatic heterocycles. The summed E-state index contributed by atoms with van der Waals surface area (Å²) in [6.07, 6.45) is -4.60. The number of benzene rings is 2. The van der Waals surface area contributed by atoms with Crippen molar-refractivity contribution in [1.82, 2.24) is 24.7 Å². The van der Waals surface area contributed by atoms with E-state index in [2.05, 4.69) is 50.5 Å². The molecule has 5 rings (SSSR count). The average molecular weight is 412 g/mol. The van der Waals surface area contributed by atoms with Gasteiger partial charge in [0, 0.05) is 32.7 Å². The van der Waals surface area contributed by atoms with Crippen molar-refractivity contribution in [3.8, 4) is 0 Å². The van der Waals surface area contributed by atoms with Gasteiger partial charge in [0.15, 0.2) is 5.65 Å². The highest BCUT2D eigenvalue weighted by Gasteiger charge is 2.37. The zero-order valence-electron chi connectivity index (χ0n) is 16.0. The SMILES string of the molecule is FC(F)(F)c1nnc2ccc(N3CCN(Cc4cccc5ccccc45)CC3)nn12. The van der Waals surface area contributed by atoms with Crippen LogP contribution in [-0.4, -0.2) is 50.9 Å². The van der Waals surface area contributed by atoms with Crippen LogP contribution in [0.25, 0.3) is 16.4 Å². The number of alkyl halides is 3. The molecule has 1 aliphatic heterocycles. The van der Waals surface area contributed by atoms with E-state index in [0.717, 1.165) is 24.1 Å². The first-order valence-electron chi connectivity index (χ1n) is 9.73. The lowest BCUT2D eigenvalue weighted by Crippen LogP contribution is -2.46. The van der Waals surface area contributed by atoms with Crippen LogP contribution in [-0.2, 0) is 12.7 Å². The number of nitrogens with zero attached hydrogens (tertiary/aromatic N) is 6. The van der Waals surface area contributed by atoms with Crippen molar-refractivity contribution in [2.24, 2.45) is 0 Å². The van der Waals surface area contributed by atoms with E-state index in [1.807, 2.05) is 17.0 Å². The lowest BCUT2D eigenvalue weighted by molar-refractivity contribution is -0.146. The van der Waals surface area contributed by atoms with Crippen LogP contribution in [0.3, 0.4) is 0 Å². The fraction of sp³-hybridized carbons (Fsp3) is 0.286. The van der Waals surface area contributed by atoms with Crippen LogP contribution >= 0.6 is 0 Å². The Kier molecular flexibility index (Phi) is 4.54. The number of anilines is 1. The summed E-state index contributed by atoms with van der Waals surface area (Å²) < 4.78 is 40.1. The highest BCUT2D eigenvalue weighted by molar-refractivity contribution is 5.85. The number of hydrogen-bond acceptors (Lipinski definition) is 5. The Labute approximate surface area is 170 Å². The van der Waals surface area contributed by atoms with Gasteiger partial charge in [0.05, 0.1) is 0 Å². The highest BCUT2D eigenvalue weighted by Crippen LogP contribution is 2.28. The monoisotopic (exact) mass is 412 g/mol. The molecule has 0 aliphatic carbocycles. The molecular formula is C21H19F3N6. The number of halogens is 3. The van der Waals surface area contributed by atoms with Gasteiger partial charge in [-0.3, -0.25) is 4.90 Å². The van der Waals surface area contributed by atoms with Gasteiger partial charge in [-0.05, 0) is 28.5 Å². The third-order valence-corrected chi connectivity index (χ3v) is 5.47. The molecule has 0 amide bonds. The average Bonchev–Trinajstić information content (AvgIpc) is 3.18. The smallest absolute Gasteiger partial charge is 0.353 e. The van der Waals surface area contributed by atoms with E-state index in [-0.39, 0.29) is 5.65 Å². The summed E-state index contributed by atoms with van der Waals surface area (Å²) in [6.45, 7) is 3.82. The topological polar surface area (TPSA) is 49.6 Å². The second-order valence-corrected chi connectivity index (χ2v) is 7.38. The van der Waals surface area contributed by atoms with Gasteiger partial charge in [-0.1, -0.05) is 42.5 Å². The van der Waals surface area contributed by atoms with Crippen molar-refractivity contribution in [3.05, 3.63) is 66.0 Å². The van der Waals surface area contributed by atoms with Gasteiger partial charge in [-0.2, -0.15) is 17.7 Å². The van der Waals surface area contributed by atoms with Crippen molar-refractivity contribution in [2.45, 2.75) is 12.7 Å². The van der Waals surface area contributed by atoms with Crippen LogP contribution in [0, 0.1) is 0 Å². The van der Waals surface area contributed by atoms with Crippen molar-refractivity contribution >= 4 is 22.2 Å². The maximum atomic E-state index is 13.1. The zero-order valence-corrected chi connectivity index (χ0v) is 16.0. The first kappa shape index (κ1) is 18.8. The third kappa shape index (κ3) is 3.45. The summed E-state index contributed by atoms with van der Waals surface area (Å²) >= 11 is 0. The van der Waals surface area contributed by atoms with Gasteiger partial charge in [0.2, 0.25) is 0 Å². The molecule has 4 aromatic rings. The van der Waals surface area contributed by atoms with Crippen LogP contribution < -0.4 is 4.90 Å². The standard InChI is InChI=1S/C21H19F3N6/c22-21(23,24)20-26-25-18-8-9-19(27-30(18)20)29-12-10-28(11-13-29)14-16-6-3-5-15-4-1-2-7-17(15)16/h1-9H,10-14H2. The molecule has 1 aliphatic rings. The molecule has 0 bridgehead atoms. The molecule has 9 heteroatoms. The fourth-order valence-electron chi connectivity index (χ4n) is 3.93. The third-order valence-electron chi connectivity index (χ3n) is 5.47. The van der Waals surface area contributed by atoms with E-state index < -0.39 is 12.0 Å². The Morgan fingerprint density at radius 3 is 2.40 bits per heavy atom. The van der Waals surface area contributed by atoms with Gasteiger partial charge in [-0.25, -0.2) is 0 Å². The maximum Gasteiger partial charge on any atom is 0.453 e. The minimum absolute atomic E-state index is 0.0840. The van der Waals surface area contributed by atoms with Crippen molar-refractivity contribution in [1.29, 1.82) is 0 Å². The maximum absolute atomic E-state index is 13.1. The highest BCUT2D eigenvalue weighted by atomic mass is 19.4. The van der Waals surface area contributed by atoms with Crippen LogP contribution in [0.2, 0.25) is 0 Å². The van der Waals surface area contributed by atoms with Gasteiger partial charge in [0.25, 0.3) is 5.82 Å². The van der Waals surface area contributed by atoms with Gasteiger partial charge in [-0.15, -0.1) is 15.3 Å². The van der Waals surface area contributed by atoms with Crippen molar-refractivity contribution in [3.63, 3.8) is 0 Å². The van der Waals surface area contributed by atoms with Gasteiger partial charge >= 0.3 is 6.18 Å². The van der Waals surface area contributed by atoms with E-state index in [1.165, 1.54) is 22.4 Å². The van der Waals surface area contributed by atoms with E-state index in [4.69, 9.17) is 0 Å². The van der Waals surface area contributed by atoms with Crippen LogP contribution in [0.15, 0.2) is 54.6 Å². The quantitative estimate of drug-likeness (QED) is 0.515. The summed E-state index contributed by atoms with van der Waals surface area (Å²) in [4.78, 5) is 4.36. The lowest BCUT2D eigenvalue weighted by Gasteiger charge is -2.35. The summed E-state index contributed by atoms with van der Waals surface area (Å²) in [6, 6.07) is 17.9. The molecule has 3 heterocycles. The largest absolute Gasteiger partial charge is 0.453 e. The normalized spacial score (nSPS) is 15.9. The Hall–Kier alpha value is -3.20. The Balaban J connectivity index is 1.31. The molecule has 6 nitrogen and oxygen atoms in total. The second-order valence-electron chi connectivity index (χ2n) is 7.38. The van der Waals surface area contributed by atoms with Gasteiger partial charge < -0.3 is 4.90 Å². The molecule has 0 N–H and O–H groups in total. The van der Waals surface area contributed by atoms with E-state index in [1.54, 1.807) is 6.07 Å². The molecule has 0 spiro atoms. The number of aromatic nitrogens is 4. The summed E-state index contributed by atoms with van der Waals surface area (Å²) in [5.41, 5.74) is 1.36. The fourth-order valence-corrected chi connectivity index (χ4v) is 3.93. The van der Waals surface area contributed by atoms with Crippen molar-refractivity contribution in [2.75, 3.05) is 31.1 Å². The summed E-state index contributed by atoms with van der Waals surface area (Å²) in [7, 11) is 0. The summed E-state index contributed by atoms with van der Waals surface area (Å²) in [5.74, 6) is -0.605. The predicted octanol–water partition coefficient (Wildman–Crippen LogP) is 3.62. The first-order valence-corrected chi connectivity index (χ1v) is 9.73. The van der Waals surface area contributed by atoms with Crippen molar-refractivity contribution < 1.29 is 13.2 Å². The predicted molar refractivity (Wildman–Crippen MR) is 107 cm³/mol. The molecular weight excluding hydrogens is 393 g/mol. The molecule has 0 radical (unpaired) electrons. The van der Waals surface area contributed by atoms with E-state index in [0.29, 0.717) is 18.9 Å². The van der Waals surface area contributed by atoms with Crippen LogP contribution in [0.4, 0.5) is 19.0 Å². The minimum Gasteiger partial charge on any atom is -0.353 e. The van der Waals surface area contributed by atoms with Crippen LogP contribution in [0.1, 0.15) is 11.4 Å². The molecule has 154 valence electrons. The minimum atomic E-state index is -4.60. The second kappa shape index (κ2) is 7.24. The number of fused-ring (bicyclic) bond motifs is 2. The van der Waals surface area contributed by atoms with E-state index in [9.17, 15) is 13.2 Å². The van der Waals surface area contributed by atoms with E-state index >= 15 is 0 Å². The van der Waals surface area contributed by atoms with Crippen LogP contribution in [0.5, 0.6) is 0 Å². The van der Waals surface area contributed by atoms with Gasteiger partial charge in [0.1, 0.15) is 5.82 Å². The molecule has 0 unspecified atom stereocenters. The summed E-state index contributed by atoms with van der Waals surface area (Å²) in [5, 5.41) is 13.4. The Morgan fingerprint density at radius 2 is 1.60 bits per heavy atom. The first-order chi connectivity index (χ1) is 14.5. The number of hydrogen-bond donors (Lipinski definition) is 0. The molecule has 0 saturated carbocycles.